The summed E-state index contributed by atoms with van der Waals surface area (Å²) in [5.74, 6) is 0.409. The molecule has 0 spiro atoms. The van der Waals surface area contributed by atoms with E-state index >= 15 is 0 Å². The largest absolute Gasteiger partial charge is 0.391 e. The quantitative estimate of drug-likeness (QED) is 0.491. The van der Waals surface area contributed by atoms with E-state index in [9.17, 15) is 9.90 Å². The molecule has 6 heteroatoms. The molecule has 0 radical (unpaired) electrons. The molecule has 0 aromatic heterocycles. The van der Waals surface area contributed by atoms with Gasteiger partial charge in [-0.3, -0.25) is 4.79 Å². The number of rotatable bonds is 2. The molecule has 1 amide bonds. The van der Waals surface area contributed by atoms with Crippen molar-refractivity contribution in [3.05, 3.63) is 59.8 Å². The van der Waals surface area contributed by atoms with Crippen molar-refractivity contribution >= 4 is 5.91 Å². The van der Waals surface area contributed by atoms with Crippen molar-refractivity contribution in [1.29, 1.82) is 0 Å². The number of amides is 1. The molecule has 0 aromatic rings. The van der Waals surface area contributed by atoms with Gasteiger partial charge in [0.1, 0.15) is 0 Å². The Balaban J connectivity index is 2.17. The van der Waals surface area contributed by atoms with E-state index in [1.54, 1.807) is 12.2 Å². The number of carbonyl (C=O) groups is 1. The molecule has 2 aliphatic heterocycles. The zero-order chi connectivity index (χ0) is 25.8. The van der Waals surface area contributed by atoms with Crippen LogP contribution >= 0.6 is 0 Å². The Morgan fingerprint density at radius 2 is 1.91 bits per heavy atom. The van der Waals surface area contributed by atoms with E-state index in [1.807, 2.05) is 19.1 Å². The van der Waals surface area contributed by atoms with Gasteiger partial charge in [0, 0.05) is 25.0 Å². The molecule has 0 aliphatic carbocycles. The molecule has 4 N–H and O–H groups in total. The minimum absolute atomic E-state index is 0.0728. The summed E-state index contributed by atoms with van der Waals surface area (Å²) in [6, 6.07) is -0.406. The Bertz CT molecular complexity index is 801. The highest BCUT2D eigenvalue weighted by Gasteiger charge is 2.35. The predicted octanol–water partition coefficient (Wildman–Crippen LogP) is 4.72. The lowest BCUT2D eigenvalue weighted by Crippen LogP contribution is -2.53. The van der Waals surface area contributed by atoms with Crippen LogP contribution in [0.5, 0.6) is 0 Å². The van der Waals surface area contributed by atoms with Crippen molar-refractivity contribution in [2.24, 2.45) is 17.6 Å². The smallest absolute Gasteiger partial charge is 0.243 e. The Hall–Kier alpha value is -1.99. The number of nitrogens with one attached hydrogen (secondary N) is 1. The summed E-state index contributed by atoms with van der Waals surface area (Å²) in [6.07, 6.45) is 18.5. The first-order chi connectivity index (χ1) is 16.7. The molecule has 0 bridgehead atoms. The van der Waals surface area contributed by atoms with Crippen LogP contribution in [0.3, 0.4) is 0 Å². The molecule has 1 fully saturated rings. The van der Waals surface area contributed by atoms with Gasteiger partial charge in [0.15, 0.2) is 6.29 Å². The van der Waals surface area contributed by atoms with Crippen LogP contribution in [-0.4, -0.2) is 48.2 Å². The Morgan fingerprint density at radius 1 is 1.14 bits per heavy atom. The number of ether oxygens (including phenoxy) is 2. The molecule has 0 unspecified atom stereocenters. The zero-order valence-corrected chi connectivity index (χ0v) is 22.2. The maximum atomic E-state index is 12.1. The molecule has 196 valence electrons. The van der Waals surface area contributed by atoms with Crippen molar-refractivity contribution in [2.75, 3.05) is 6.54 Å². The minimum atomic E-state index is -0.649. The highest BCUT2D eigenvalue weighted by Crippen LogP contribution is 2.25. The van der Waals surface area contributed by atoms with E-state index in [0.29, 0.717) is 18.9 Å². The lowest BCUT2D eigenvalue weighted by molar-refractivity contribution is -0.238. The minimum Gasteiger partial charge on any atom is -0.391 e. The summed E-state index contributed by atoms with van der Waals surface area (Å²) in [5.41, 5.74) is 8.60. The molecule has 35 heavy (non-hydrogen) atoms. The fraction of sp³-hybridized carbons (Fsp3) is 0.621. The average molecular weight is 487 g/mol. The molecule has 7 atom stereocenters. The second-order valence-corrected chi connectivity index (χ2v) is 10.3. The Kier molecular flexibility index (Phi) is 12.7. The van der Waals surface area contributed by atoms with Crippen molar-refractivity contribution in [2.45, 2.75) is 97.4 Å². The molecule has 2 heterocycles. The molecular weight excluding hydrogens is 440 g/mol. The van der Waals surface area contributed by atoms with E-state index in [0.717, 1.165) is 25.7 Å². The number of allylic oxidation sites excluding steroid dienone is 7. The van der Waals surface area contributed by atoms with E-state index in [1.165, 1.54) is 11.1 Å². The van der Waals surface area contributed by atoms with Crippen molar-refractivity contribution < 1.29 is 19.4 Å². The van der Waals surface area contributed by atoms with Gasteiger partial charge in [-0.1, -0.05) is 67.5 Å². The monoisotopic (exact) mass is 486 g/mol. The van der Waals surface area contributed by atoms with Crippen molar-refractivity contribution in [3.63, 3.8) is 0 Å². The van der Waals surface area contributed by atoms with E-state index in [4.69, 9.17) is 15.2 Å². The van der Waals surface area contributed by atoms with Crippen molar-refractivity contribution in [3.8, 4) is 0 Å². The maximum absolute atomic E-state index is 12.1. The molecule has 0 aromatic carbocycles. The highest BCUT2D eigenvalue weighted by molar-refractivity contribution is 5.87. The van der Waals surface area contributed by atoms with Gasteiger partial charge in [-0.2, -0.15) is 0 Å². The molecule has 2 rings (SSSR count). The number of hydrogen-bond donors (Lipinski definition) is 3. The normalized spacial score (nSPS) is 40.3. The third-order valence-corrected chi connectivity index (χ3v) is 6.70. The van der Waals surface area contributed by atoms with Gasteiger partial charge < -0.3 is 25.6 Å². The van der Waals surface area contributed by atoms with Crippen LogP contribution in [0.25, 0.3) is 0 Å². The van der Waals surface area contributed by atoms with Gasteiger partial charge in [0.25, 0.3) is 0 Å². The third-order valence-electron chi connectivity index (χ3n) is 6.70. The average Bonchev–Trinajstić information content (AvgIpc) is 2.80. The second kappa shape index (κ2) is 15.2. The van der Waals surface area contributed by atoms with Crippen LogP contribution in [-0.2, 0) is 14.3 Å². The van der Waals surface area contributed by atoms with E-state index in [-0.39, 0.29) is 24.0 Å². The van der Waals surface area contributed by atoms with Gasteiger partial charge >= 0.3 is 0 Å². The summed E-state index contributed by atoms with van der Waals surface area (Å²) < 4.78 is 12.3. The van der Waals surface area contributed by atoms with Gasteiger partial charge in [0.05, 0.1) is 24.4 Å². The molecular formula is C29H46N2O4. The van der Waals surface area contributed by atoms with Crippen molar-refractivity contribution in [1.82, 2.24) is 5.32 Å². The van der Waals surface area contributed by atoms with Gasteiger partial charge in [-0.15, -0.1) is 0 Å². The van der Waals surface area contributed by atoms with Crippen LogP contribution in [0.1, 0.15) is 66.7 Å². The second-order valence-electron chi connectivity index (χ2n) is 10.3. The number of aliphatic hydroxyl groups excluding tert-OH is 1. The van der Waals surface area contributed by atoms with E-state index in [2.05, 4.69) is 57.3 Å². The summed E-state index contributed by atoms with van der Waals surface area (Å²) in [6.45, 7) is 11.1. The van der Waals surface area contributed by atoms with Crippen LogP contribution in [0.4, 0.5) is 0 Å². The summed E-state index contributed by atoms with van der Waals surface area (Å²) in [5, 5.41) is 13.3. The zero-order valence-electron chi connectivity index (χ0n) is 22.2. The van der Waals surface area contributed by atoms with Crippen LogP contribution in [0.15, 0.2) is 59.8 Å². The van der Waals surface area contributed by atoms with Gasteiger partial charge in [0.2, 0.25) is 5.91 Å². The summed E-state index contributed by atoms with van der Waals surface area (Å²) in [4.78, 5) is 12.1. The van der Waals surface area contributed by atoms with Crippen LogP contribution in [0, 0.1) is 11.8 Å². The first-order valence-electron chi connectivity index (χ1n) is 13.0. The summed E-state index contributed by atoms with van der Waals surface area (Å²) >= 11 is 0. The number of hydrogen-bond acceptors (Lipinski definition) is 5. The number of nitrogens with two attached hydrogens (primary N) is 1. The standard InChI is InChI=1S/C29H46N2O4/c1-20-11-7-6-8-12-22(3)19-31-27(33)14-10-9-13-23(4)26(16-15-21(2)17-20)35-28-18-25(32)29(30)24(5)34-28/h6-7,9-11,13-15,22-26,28-29,32H,8,12,16-19,30H2,1-5H3,(H,31,33)/b7-6+,13-9+,14-10+,20-11+,21-15+/t22-,23-,24+,25-,26-,28-,29+/m0/s1. The number of aliphatic hydroxyl groups is 1. The molecule has 2 aliphatic rings. The fourth-order valence-corrected chi connectivity index (χ4v) is 4.27. The van der Waals surface area contributed by atoms with Crippen LogP contribution < -0.4 is 11.1 Å². The fourth-order valence-electron chi connectivity index (χ4n) is 4.27. The molecule has 1 saturated heterocycles. The van der Waals surface area contributed by atoms with Gasteiger partial charge in [-0.05, 0) is 52.4 Å². The topological polar surface area (TPSA) is 93.8 Å². The van der Waals surface area contributed by atoms with Crippen LogP contribution in [0.2, 0.25) is 0 Å². The predicted molar refractivity (Wildman–Crippen MR) is 143 cm³/mol. The number of carbonyl (C=O) groups excluding carboxylic acids is 1. The first kappa shape index (κ1) is 29.2. The molecule has 6 nitrogen and oxygen atoms in total. The van der Waals surface area contributed by atoms with Gasteiger partial charge in [-0.25, -0.2) is 0 Å². The molecule has 0 saturated carbocycles. The Morgan fingerprint density at radius 3 is 2.66 bits per heavy atom. The maximum Gasteiger partial charge on any atom is 0.243 e. The first-order valence-corrected chi connectivity index (χ1v) is 13.0. The highest BCUT2D eigenvalue weighted by atomic mass is 16.7. The lowest BCUT2D eigenvalue weighted by Gasteiger charge is -2.38. The SMILES string of the molecule is C/C1=C\C=C\CC[C@H](C)CNC(=O)/C=C/C=C/[C@H](C)[C@@H](O[C@H]2C[C@H](O)[C@H](N)[C@@H](C)O2)C/C=C(\C)C1. The van der Waals surface area contributed by atoms with E-state index < -0.39 is 18.4 Å². The lowest BCUT2D eigenvalue weighted by atomic mass is 9.97. The third kappa shape index (κ3) is 11.1. The summed E-state index contributed by atoms with van der Waals surface area (Å²) in [7, 11) is 0. The Labute approximate surface area is 212 Å².